The summed E-state index contributed by atoms with van der Waals surface area (Å²) in [6.45, 7) is 0.728. The molecule has 3 nitrogen and oxygen atoms in total. The summed E-state index contributed by atoms with van der Waals surface area (Å²) in [5, 5.41) is 0. The first-order chi connectivity index (χ1) is 4.66. The zero-order chi connectivity index (χ0) is 7.61. The van der Waals surface area contributed by atoms with Gasteiger partial charge < -0.3 is 0 Å². The van der Waals surface area contributed by atoms with E-state index in [0.717, 1.165) is 13.0 Å². The Balaban J connectivity index is 2.45. The summed E-state index contributed by atoms with van der Waals surface area (Å²) >= 11 is 2.82. The summed E-state index contributed by atoms with van der Waals surface area (Å²) in [7, 11) is 1.60. The maximum absolute atomic E-state index is 5.43. The van der Waals surface area contributed by atoms with Gasteiger partial charge in [0.15, 0.2) is 0 Å². The predicted molar refractivity (Wildman–Crippen MR) is 40.8 cm³/mol. The fourth-order valence-electron chi connectivity index (χ4n) is 0.730. The van der Waals surface area contributed by atoms with Gasteiger partial charge in [-0.15, -0.1) is 0 Å². The Kier molecular flexibility index (Phi) is 3.11. The Morgan fingerprint density at radius 1 is 1.70 bits per heavy atom. The minimum atomic E-state index is -2.03. The van der Waals surface area contributed by atoms with Gasteiger partial charge in [0.2, 0.25) is 0 Å². The van der Waals surface area contributed by atoms with Crippen LogP contribution in [-0.4, -0.2) is 35.4 Å². The molecule has 0 N–H and O–H groups in total. The summed E-state index contributed by atoms with van der Waals surface area (Å²) in [5.74, 6) is 0. The van der Waals surface area contributed by atoms with E-state index in [4.69, 9.17) is 13.6 Å². The second-order valence-corrected chi connectivity index (χ2v) is 6.71. The molecule has 60 valence electrons. The first-order valence-corrected chi connectivity index (χ1v) is 6.91. The van der Waals surface area contributed by atoms with Crippen molar-refractivity contribution in [1.29, 1.82) is 0 Å². The van der Waals surface area contributed by atoms with Gasteiger partial charge in [0.05, 0.1) is 0 Å². The monoisotopic (exact) mass is 230 g/mol. The van der Waals surface area contributed by atoms with Gasteiger partial charge in [-0.05, 0) is 0 Å². The normalized spacial score (nSPS) is 41.7. The van der Waals surface area contributed by atoms with Crippen molar-refractivity contribution >= 4 is 22.2 Å². The van der Waals surface area contributed by atoms with Crippen molar-refractivity contribution in [3.63, 3.8) is 0 Å². The van der Waals surface area contributed by atoms with Crippen LogP contribution < -0.4 is 0 Å². The van der Waals surface area contributed by atoms with Gasteiger partial charge in [-0.25, -0.2) is 0 Å². The van der Waals surface area contributed by atoms with Gasteiger partial charge in [0.1, 0.15) is 0 Å². The van der Waals surface area contributed by atoms with E-state index in [9.17, 15) is 0 Å². The Labute approximate surface area is 69.4 Å². The summed E-state index contributed by atoms with van der Waals surface area (Å²) in [5.41, 5.74) is 0. The van der Waals surface area contributed by atoms with E-state index in [0.29, 0.717) is 0 Å². The number of hydrogen-bond donors (Lipinski definition) is 0. The molecule has 0 spiro atoms. The second-order valence-electron chi connectivity index (χ2n) is 2.17. The van der Waals surface area contributed by atoms with Gasteiger partial charge in [0, 0.05) is 0 Å². The molecule has 1 heterocycles. The van der Waals surface area contributed by atoms with Crippen molar-refractivity contribution in [2.75, 3.05) is 13.7 Å². The average Bonchev–Trinajstić information content (AvgIpc) is 1.88. The van der Waals surface area contributed by atoms with E-state index in [1.54, 1.807) is 7.11 Å². The molecule has 5 heteroatoms. The second kappa shape index (κ2) is 3.48. The predicted octanol–water partition coefficient (Wildman–Crippen LogP) is 1.30. The van der Waals surface area contributed by atoms with E-state index in [1.165, 1.54) is 0 Å². The summed E-state index contributed by atoms with van der Waals surface area (Å²) in [4.78, 5) is 0. The van der Waals surface area contributed by atoms with Gasteiger partial charge in [-0.3, -0.25) is 0 Å². The Morgan fingerprint density at radius 3 is 2.80 bits per heavy atom. The van der Waals surface area contributed by atoms with Crippen LogP contribution in [0.15, 0.2) is 0 Å². The molecular formula is C5H11O3PSe. The van der Waals surface area contributed by atoms with Crippen molar-refractivity contribution in [1.82, 2.24) is 0 Å². The molecule has 1 fully saturated rings. The number of rotatable bonds is 1. The molecule has 1 aliphatic rings. The van der Waals surface area contributed by atoms with Crippen molar-refractivity contribution in [3.05, 3.63) is 0 Å². The Morgan fingerprint density at radius 2 is 2.40 bits per heavy atom. The first-order valence-electron chi connectivity index (χ1n) is 3.15. The van der Waals surface area contributed by atoms with Crippen molar-refractivity contribution in [3.8, 4) is 0 Å². The molecule has 0 bridgehead atoms. The third-order valence-corrected chi connectivity index (χ3v) is 5.01. The zero-order valence-electron chi connectivity index (χ0n) is 6.07. The van der Waals surface area contributed by atoms with Crippen LogP contribution in [0.4, 0.5) is 0 Å². The molecule has 0 saturated carbocycles. The molecule has 1 saturated heterocycles. The summed E-state index contributed by atoms with van der Waals surface area (Å²) in [6, 6.07) is 0. The molecule has 10 heavy (non-hydrogen) atoms. The summed E-state index contributed by atoms with van der Waals surface area (Å²) < 4.78 is 15.8. The molecule has 0 aromatic heterocycles. The van der Waals surface area contributed by atoms with Crippen LogP contribution >= 0.6 is 6.63 Å². The Bertz CT molecular complexity index is 123. The van der Waals surface area contributed by atoms with Crippen molar-refractivity contribution in [2.45, 2.75) is 19.4 Å². The van der Waals surface area contributed by atoms with Crippen LogP contribution in [0.25, 0.3) is 0 Å². The molecule has 1 aliphatic heterocycles. The molecular weight excluding hydrogens is 218 g/mol. The molecule has 1 unspecified atom stereocenters. The molecule has 2 atom stereocenters. The average molecular weight is 229 g/mol. The fraction of sp³-hybridized carbons (Fsp3) is 1.00. The van der Waals surface area contributed by atoms with E-state index in [-0.39, 0.29) is 6.10 Å². The van der Waals surface area contributed by atoms with Crippen LogP contribution in [-0.2, 0) is 13.6 Å². The standard InChI is InChI=1S/C5H11O3PSe/c1-5-3-4-7-9(10,6-2)8-5/h5H,3-4H2,1-2H3/t5-,9?/m1/s1. The molecule has 0 aliphatic carbocycles. The van der Waals surface area contributed by atoms with Crippen LogP contribution in [0.2, 0.25) is 0 Å². The topological polar surface area (TPSA) is 27.7 Å². The van der Waals surface area contributed by atoms with Crippen LogP contribution in [0.5, 0.6) is 0 Å². The van der Waals surface area contributed by atoms with E-state index >= 15 is 0 Å². The van der Waals surface area contributed by atoms with E-state index < -0.39 is 6.63 Å². The zero-order valence-corrected chi connectivity index (χ0v) is 8.68. The van der Waals surface area contributed by atoms with E-state index in [1.807, 2.05) is 6.92 Å². The van der Waals surface area contributed by atoms with Crippen molar-refractivity contribution in [2.24, 2.45) is 0 Å². The molecule has 0 amide bonds. The van der Waals surface area contributed by atoms with E-state index in [2.05, 4.69) is 15.6 Å². The SMILES string of the molecule is CO[P+]1([Se-])OCC[C@@H](C)O1. The van der Waals surface area contributed by atoms with Crippen molar-refractivity contribution < 1.29 is 13.6 Å². The fourth-order valence-corrected chi connectivity index (χ4v) is 3.25. The van der Waals surface area contributed by atoms with Crippen LogP contribution in [0.3, 0.4) is 0 Å². The number of hydrogen-bond acceptors (Lipinski definition) is 3. The molecule has 1 rings (SSSR count). The van der Waals surface area contributed by atoms with Gasteiger partial charge in [-0.2, -0.15) is 0 Å². The summed E-state index contributed by atoms with van der Waals surface area (Å²) in [6.07, 6.45) is 1.20. The van der Waals surface area contributed by atoms with Gasteiger partial charge in [-0.1, -0.05) is 0 Å². The Hall–Kier alpha value is 0.829. The minimum absolute atomic E-state index is 0.253. The molecule has 0 aromatic carbocycles. The van der Waals surface area contributed by atoms with Crippen LogP contribution in [0, 0.1) is 0 Å². The third-order valence-electron chi connectivity index (χ3n) is 1.31. The molecule has 0 radical (unpaired) electrons. The van der Waals surface area contributed by atoms with Gasteiger partial charge >= 0.3 is 68.9 Å². The molecule has 0 aromatic rings. The first kappa shape index (κ1) is 8.92. The maximum atomic E-state index is 5.43. The van der Waals surface area contributed by atoms with Gasteiger partial charge in [0.25, 0.3) is 0 Å². The van der Waals surface area contributed by atoms with Crippen LogP contribution in [0.1, 0.15) is 13.3 Å². The third kappa shape index (κ3) is 2.16. The quantitative estimate of drug-likeness (QED) is 0.501.